The number of hydrogen-bond acceptors (Lipinski definition) is 6. The quantitative estimate of drug-likeness (QED) is 0.549. The van der Waals surface area contributed by atoms with E-state index in [-0.39, 0.29) is 5.56 Å². The number of aromatic amines is 1. The van der Waals surface area contributed by atoms with Gasteiger partial charge in [-0.3, -0.25) is 15.1 Å². The molecule has 4 rings (SSSR count). The van der Waals surface area contributed by atoms with Crippen LogP contribution < -0.4 is 10.9 Å². The van der Waals surface area contributed by atoms with Crippen molar-refractivity contribution < 1.29 is 0 Å². The summed E-state index contributed by atoms with van der Waals surface area (Å²) in [5.74, 6) is 0.725. The summed E-state index contributed by atoms with van der Waals surface area (Å²) >= 11 is 1.68. The van der Waals surface area contributed by atoms with Gasteiger partial charge in [-0.25, -0.2) is 15.0 Å². The van der Waals surface area contributed by atoms with Crippen LogP contribution in [0, 0.1) is 6.92 Å². The van der Waals surface area contributed by atoms with Crippen molar-refractivity contribution in [2.24, 2.45) is 0 Å². The third-order valence-corrected chi connectivity index (χ3v) is 4.66. The Morgan fingerprint density at radius 1 is 1.00 bits per heavy atom. The van der Waals surface area contributed by atoms with Gasteiger partial charge in [-0.05, 0) is 43.5 Å². The molecule has 0 aliphatic rings. The number of anilines is 2. The first-order valence-corrected chi connectivity index (χ1v) is 8.95. The van der Waals surface area contributed by atoms with Crippen LogP contribution in [0.15, 0.2) is 52.2 Å². The highest BCUT2D eigenvalue weighted by Gasteiger charge is 2.08. The molecule has 0 spiro atoms. The summed E-state index contributed by atoms with van der Waals surface area (Å²) in [6, 6.07) is 13.3. The van der Waals surface area contributed by atoms with Crippen molar-refractivity contribution in [2.45, 2.75) is 11.8 Å². The summed E-state index contributed by atoms with van der Waals surface area (Å²) in [6.07, 6.45) is 2.04. The van der Waals surface area contributed by atoms with Gasteiger partial charge in [0.05, 0.1) is 22.1 Å². The fraction of sp³-hybridized carbons (Fsp3) is 0.111. The van der Waals surface area contributed by atoms with Crippen LogP contribution in [0.4, 0.5) is 11.9 Å². The second-order valence-electron chi connectivity index (χ2n) is 5.57. The molecule has 2 heterocycles. The van der Waals surface area contributed by atoms with Gasteiger partial charge in [-0.1, -0.05) is 12.1 Å². The van der Waals surface area contributed by atoms with E-state index in [0.29, 0.717) is 22.8 Å². The van der Waals surface area contributed by atoms with E-state index in [4.69, 9.17) is 0 Å². The Bertz CT molecular complexity index is 1160. The van der Waals surface area contributed by atoms with Crippen molar-refractivity contribution in [3.63, 3.8) is 0 Å². The van der Waals surface area contributed by atoms with Gasteiger partial charge in [0.15, 0.2) is 0 Å². The first kappa shape index (κ1) is 15.6. The largest absolute Gasteiger partial charge is 0.294 e. The Hall–Kier alpha value is -2.93. The SMILES string of the molecule is CSc1ccc2nc(Nc3nc4ccccc4c(=O)[nH]3)nc(C)c2c1. The molecule has 124 valence electrons. The third-order valence-electron chi connectivity index (χ3n) is 3.94. The van der Waals surface area contributed by atoms with Gasteiger partial charge < -0.3 is 0 Å². The first-order chi connectivity index (χ1) is 12.1. The lowest BCUT2D eigenvalue weighted by Gasteiger charge is -2.08. The molecule has 25 heavy (non-hydrogen) atoms. The molecular formula is C18H15N5OS. The molecule has 2 aromatic heterocycles. The predicted octanol–water partition coefficient (Wildman–Crippen LogP) is 3.64. The molecule has 0 radical (unpaired) electrons. The zero-order valence-electron chi connectivity index (χ0n) is 13.7. The predicted molar refractivity (Wildman–Crippen MR) is 102 cm³/mol. The first-order valence-electron chi connectivity index (χ1n) is 7.72. The van der Waals surface area contributed by atoms with Gasteiger partial charge in [0, 0.05) is 10.3 Å². The minimum Gasteiger partial charge on any atom is -0.294 e. The van der Waals surface area contributed by atoms with Gasteiger partial charge in [0.1, 0.15) is 0 Å². The zero-order valence-corrected chi connectivity index (χ0v) is 14.5. The number of para-hydroxylation sites is 1. The second kappa shape index (κ2) is 6.18. The van der Waals surface area contributed by atoms with Crippen LogP contribution in [0.25, 0.3) is 21.8 Å². The van der Waals surface area contributed by atoms with Gasteiger partial charge in [0.2, 0.25) is 11.9 Å². The van der Waals surface area contributed by atoms with Crippen LogP contribution in [-0.2, 0) is 0 Å². The Kier molecular flexibility index (Phi) is 3.85. The number of aromatic nitrogens is 4. The number of aryl methyl sites for hydroxylation is 1. The Balaban J connectivity index is 1.77. The number of H-pyrrole nitrogens is 1. The lowest BCUT2D eigenvalue weighted by molar-refractivity contribution is 1.10. The van der Waals surface area contributed by atoms with Gasteiger partial charge in [-0.15, -0.1) is 11.8 Å². The van der Waals surface area contributed by atoms with Crippen molar-refractivity contribution in [3.8, 4) is 0 Å². The average molecular weight is 349 g/mol. The highest BCUT2D eigenvalue weighted by Crippen LogP contribution is 2.24. The number of fused-ring (bicyclic) bond motifs is 2. The average Bonchev–Trinajstić information content (AvgIpc) is 2.61. The van der Waals surface area contributed by atoms with E-state index in [9.17, 15) is 4.79 Å². The van der Waals surface area contributed by atoms with Gasteiger partial charge in [-0.2, -0.15) is 0 Å². The molecular weight excluding hydrogens is 334 g/mol. The maximum Gasteiger partial charge on any atom is 0.260 e. The van der Waals surface area contributed by atoms with Crippen LogP contribution in [0.2, 0.25) is 0 Å². The molecule has 0 atom stereocenters. The number of nitrogens with zero attached hydrogens (tertiary/aromatic N) is 3. The summed E-state index contributed by atoms with van der Waals surface area (Å²) in [4.78, 5) is 29.5. The van der Waals surface area contributed by atoms with Crippen molar-refractivity contribution in [1.82, 2.24) is 19.9 Å². The lowest BCUT2D eigenvalue weighted by atomic mass is 10.2. The van der Waals surface area contributed by atoms with Crippen molar-refractivity contribution in [2.75, 3.05) is 11.6 Å². The van der Waals surface area contributed by atoms with Crippen molar-refractivity contribution in [3.05, 3.63) is 58.5 Å². The Morgan fingerprint density at radius 3 is 2.64 bits per heavy atom. The van der Waals surface area contributed by atoms with E-state index in [1.807, 2.05) is 37.4 Å². The van der Waals surface area contributed by atoms with Gasteiger partial charge in [0.25, 0.3) is 5.56 Å². The van der Waals surface area contributed by atoms with Crippen LogP contribution in [-0.4, -0.2) is 26.2 Å². The maximum absolute atomic E-state index is 12.2. The van der Waals surface area contributed by atoms with Gasteiger partial charge >= 0.3 is 0 Å². The molecule has 6 nitrogen and oxygen atoms in total. The number of rotatable bonds is 3. The van der Waals surface area contributed by atoms with Crippen molar-refractivity contribution in [1.29, 1.82) is 0 Å². The molecule has 0 saturated carbocycles. The summed E-state index contributed by atoms with van der Waals surface area (Å²) in [5.41, 5.74) is 2.13. The molecule has 0 saturated heterocycles. The molecule has 0 amide bonds. The van der Waals surface area contributed by atoms with Crippen LogP contribution in [0.3, 0.4) is 0 Å². The van der Waals surface area contributed by atoms with E-state index >= 15 is 0 Å². The zero-order chi connectivity index (χ0) is 17.4. The minimum atomic E-state index is -0.199. The summed E-state index contributed by atoms with van der Waals surface area (Å²) in [5, 5.41) is 4.57. The van der Waals surface area contributed by atoms with Crippen molar-refractivity contribution >= 4 is 45.5 Å². The Morgan fingerprint density at radius 2 is 1.80 bits per heavy atom. The van der Waals surface area contributed by atoms with E-state index < -0.39 is 0 Å². The molecule has 0 aliphatic heterocycles. The maximum atomic E-state index is 12.2. The minimum absolute atomic E-state index is 0.199. The topological polar surface area (TPSA) is 83.6 Å². The molecule has 2 N–H and O–H groups in total. The molecule has 0 aliphatic carbocycles. The summed E-state index contributed by atoms with van der Waals surface area (Å²) < 4.78 is 0. The molecule has 0 unspecified atom stereocenters. The summed E-state index contributed by atoms with van der Waals surface area (Å²) in [7, 11) is 0. The molecule has 2 aromatic carbocycles. The number of hydrogen-bond donors (Lipinski definition) is 2. The standard InChI is InChI=1S/C18H15N5OS/c1-10-13-9-11(25-2)7-8-15(13)21-17(19-10)23-18-20-14-6-4-3-5-12(14)16(24)22-18/h3-9H,1-2H3,(H2,19,20,21,22,23,24). The molecule has 0 fully saturated rings. The molecule has 7 heteroatoms. The highest BCUT2D eigenvalue weighted by molar-refractivity contribution is 7.98. The number of thioether (sulfide) groups is 1. The smallest absolute Gasteiger partial charge is 0.260 e. The third kappa shape index (κ3) is 2.94. The van der Waals surface area contributed by atoms with Crippen LogP contribution in [0.5, 0.6) is 0 Å². The normalized spacial score (nSPS) is 11.1. The van der Waals surface area contributed by atoms with E-state index in [0.717, 1.165) is 16.6 Å². The molecule has 4 aromatic rings. The monoisotopic (exact) mass is 349 g/mol. The van der Waals surface area contributed by atoms with E-state index in [2.05, 4.69) is 31.3 Å². The fourth-order valence-electron chi connectivity index (χ4n) is 2.70. The highest BCUT2D eigenvalue weighted by atomic mass is 32.2. The summed E-state index contributed by atoms with van der Waals surface area (Å²) in [6.45, 7) is 1.94. The van der Waals surface area contributed by atoms with Crippen LogP contribution >= 0.6 is 11.8 Å². The lowest BCUT2D eigenvalue weighted by Crippen LogP contribution is -2.12. The van der Waals surface area contributed by atoms with Crippen LogP contribution in [0.1, 0.15) is 5.69 Å². The van der Waals surface area contributed by atoms with E-state index in [1.165, 1.54) is 4.90 Å². The number of nitrogens with one attached hydrogen (secondary N) is 2. The molecule has 0 bridgehead atoms. The second-order valence-corrected chi connectivity index (χ2v) is 6.45. The Labute approximate surface area is 147 Å². The van der Waals surface area contributed by atoms with E-state index in [1.54, 1.807) is 23.9 Å². The fourth-order valence-corrected chi connectivity index (χ4v) is 3.13. The number of benzene rings is 2.